The Labute approximate surface area is 152 Å². The van der Waals surface area contributed by atoms with Crippen LogP contribution in [0.25, 0.3) is 0 Å². The van der Waals surface area contributed by atoms with Crippen LogP contribution in [0.3, 0.4) is 0 Å². The van der Waals surface area contributed by atoms with Gasteiger partial charge in [-0.15, -0.1) is 0 Å². The molecule has 1 aromatic heterocycles. The molecule has 26 heavy (non-hydrogen) atoms. The molecule has 1 aromatic carbocycles. The minimum Gasteiger partial charge on any atom is -0.348 e. The highest BCUT2D eigenvalue weighted by atomic mass is 19.1. The number of carbonyl (C=O) groups excluding carboxylic acids is 2. The maximum Gasteiger partial charge on any atom is 0.276 e. The first-order valence-electron chi connectivity index (χ1n) is 8.46. The van der Waals surface area contributed by atoms with Crippen LogP contribution in [0.15, 0.2) is 18.2 Å². The molecule has 1 heterocycles. The number of halogens is 1. The number of aryl methyl sites for hydroxylation is 3. The van der Waals surface area contributed by atoms with Crippen LogP contribution in [0.2, 0.25) is 0 Å². The van der Waals surface area contributed by atoms with Gasteiger partial charge in [0, 0.05) is 11.7 Å². The van der Waals surface area contributed by atoms with E-state index in [1.165, 1.54) is 12.1 Å². The van der Waals surface area contributed by atoms with E-state index >= 15 is 0 Å². The van der Waals surface area contributed by atoms with Gasteiger partial charge in [0.1, 0.15) is 5.82 Å². The number of hydrogen-bond acceptors (Lipinski definition) is 4. The lowest BCUT2D eigenvalue weighted by Gasteiger charge is -2.15. The number of carbonyl (C=O) groups is 2. The molecule has 2 rings (SSSR count). The first kappa shape index (κ1) is 19.5. The summed E-state index contributed by atoms with van der Waals surface area (Å²) in [7, 11) is 0. The van der Waals surface area contributed by atoms with E-state index in [4.69, 9.17) is 0 Å². The smallest absolute Gasteiger partial charge is 0.276 e. The van der Waals surface area contributed by atoms with Crippen molar-refractivity contribution in [3.63, 3.8) is 0 Å². The summed E-state index contributed by atoms with van der Waals surface area (Å²) in [5, 5.41) is 5.41. The van der Waals surface area contributed by atoms with E-state index in [1.807, 2.05) is 13.8 Å². The topological polar surface area (TPSA) is 84.0 Å². The molecule has 1 atom stereocenters. The fourth-order valence-electron chi connectivity index (χ4n) is 2.22. The lowest BCUT2D eigenvalue weighted by atomic mass is 10.1. The Balaban J connectivity index is 2.40. The monoisotopic (exact) mass is 358 g/mol. The summed E-state index contributed by atoms with van der Waals surface area (Å²) in [6.07, 6.45) is 0.744. The van der Waals surface area contributed by atoms with Crippen LogP contribution in [-0.2, 0) is 0 Å². The second-order valence-corrected chi connectivity index (χ2v) is 6.29. The number of benzene rings is 1. The predicted octanol–water partition coefficient (Wildman–Crippen LogP) is 3.32. The third-order valence-corrected chi connectivity index (χ3v) is 4.17. The highest BCUT2D eigenvalue weighted by Gasteiger charge is 2.23. The summed E-state index contributed by atoms with van der Waals surface area (Å²) in [6.45, 7) is 8.99. The Bertz CT molecular complexity index is 852. The Morgan fingerprint density at radius 2 is 1.65 bits per heavy atom. The van der Waals surface area contributed by atoms with Crippen LogP contribution in [-0.4, -0.2) is 27.8 Å². The molecule has 6 nitrogen and oxygen atoms in total. The quantitative estimate of drug-likeness (QED) is 0.859. The summed E-state index contributed by atoms with van der Waals surface area (Å²) in [6, 6.07) is 4.03. The van der Waals surface area contributed by atoms with E-state index in [0.717, 1.165) is 6.42 Å². The molecule has 7 heteroatoms. The standard InChI is InChI=1S/C19H23FN4O2/c1-6-11(3)21-18(25)16-17(23-13(5)12(4)22-16)19(26)24-15-9-14(20)8-7-10(15)2/h7-9,11H,6H2,1-5H3,(H,21,25)(H,24,26)/t11-/m1/s1. The van der Waals surface area contributed by atoms with Crippen molar-refractivity contribution in [2.75, 3.05) is 5.32 Å². The van der Waals surface area contributed by atoms with Crippen LogP contribution >= 0.6 is 0 Å². The van der Waals surface area contributed by atoms with Gasteiger partial charge < -0.3 is 10.6 Å². The SMILES string of the molecule is CC[C@@H](C)NC(=O)c1nc(C)c(C)nc1C(=O)Nc1cc(F)ccc1C. The van der Waals surface area contributed by atoms with Gasteiger partial charge in [-0.2, -0.15) is 0 Å². The summed E-state index contributed by atoms with van der Waals surface area (Å²) in [5.74, 6) is -1.54. The number of rotatable bonds is 5. The van der Waals surface area contributed by atoms with E-state index in [1.54, 1.807) is 26.8 Å². The predicted molar refractivity (Wildman–Crippen MR) is 97.8 cm³/mol. The average Bonchev–Trinajstić information content (AvgIpc) is 2.59. The summed E-state index contributed by atoms with van der Waals surface area (Å²) < 4.78 is 13.5. The zero-order chi connectivity index (χ0) is 19.4. The minimum absolute atomic E-state index is 0.0417. The van der Waals surface area contributed by atoms with Gasteiger partial charge in [0.15, 0.2) is 11.4 Å². The highest BCUT2D eigenvalue weighted by Crippen LogP contribution is 2.18. The van der Waals surface area contributed by atoms with Crippen molar-refractivity contribution in [2.45, 2.75) is 47.1 Å². The third-order valence-electron chi connectivity index (χ3n) is 4.17. The van der Waals surface area contributed by atoms with Crippen molar-refractivity contribution < 1.29 is 14.0 Å². The van der Waals surface area contributed by atoms with Crippen molar-refractivity contribution in [1.29, 1.82) is 0 Å². The van der Waals surface area contributed by atoms with Crippen LogP contribution in [0, 0.1) is 26.6 Å². The number of aromatic nitrogens is 2. The van der Waals surface area contributed by atoms with Gasteiger partial charge in [0.25, 0.3) is 11.8 Å². The van der Waals surface area contributed by atoms with Crippen molar-refractivity contribution in [2.24, 2.45) is 0 Å². The maximum atomic E-state index is 13.5. The Morgan fingerprint density at radius 1 is 1.08 bits per heavy atom. The average molecular weight is 358 g/mol. The number of hydrogen-bond donors (Lipinski definition) is 2. The molecule has 0 saturated heterocycles. The second kappa shape index (κ2) is 8.03. The normalized spacial score (nSPS) is 11.8. The molecular weight excluding hydrogens is 335 g/mol. The van der Waals surface area contributed by atoms with Gasteiger partial charge >= 0.3 is 0 Å². The minimum atomic E-state index is -0.608. The molecule has 0 saturated carbocycles. The fraction of sp³-hybridized carbons (Fsp3) is 0.368. The van der Waals surface area contributed by atoms with Gasteiger partial charge in [0.05, 0.1) is 11.4 Å². The summed E-state index contributed by atoms with van der Waals surface area (Å²) >= 11 is 0. The number of nitrogens with one attached hydrogen (secondary N) is 2. The van der Waals surface area contributed by atoms with Gasteiger partial charge in [-0.1, -0.05) is 13.0 Å². The van der Waals surface area contributed by atoms with Gasteiger partial charge in [-0.05, 0) is 51.8 Å². The number of nitrogens with zero attached hydrogens (tertiary/aromatic N) is 2. The molecule has 0 spiro atoms. The molecule has 0 radical (unpaired) electrons. The van der Waals surface area contributed by atoms with Crippen molar-refractivity contribution >= 4 is 17.5 Å². The number of amides is 2. The molecule has 2 N–H and O–H groups in total. The molecular formula is C19H23FN4O2. The largest absolute Gasteiger partial charge is 0.348 e. The first-order valence-corrected chi connectivity index (χ1v) is 8.46. The maximum absolute atomic E-state index is 13.5. The molecule has 0 fully saturated rings. The zero-order valence-corrected chi connectivity index (χ0v) is 15.6. The number of anilines is 1. The van der Waals surface area contributed by atoms with E-state index in [2.05, 4.69) is 20.6 Å². The molecule has 0 aliphatic carbocycles. The third kappa shape index (κ3) is 4.41. The van der Waals surface area contributed by atoms with E-state index in [0.29, 0.717) is 22.6 Å². The van der Waals surface area contributed by atoms with Crippen LogP contribution in [0.5, 0.6) is 0 Å². The fourth-order valence-corrected chi connectivity index (χ4v) is 2.22. The molecule has 138 valence electrons. The van der Waals surface area contributed by atoms with Gasteiger partial charge in [-0.3, -0.25) is 9.59 Å². The van der Waals surface area contributed by atoms with Crippen molar-refractivity contribution in [1.82, 2.24) is 15.3 Å². The van der Waals surface area contributed by atoms with Crippen molar-refractivity contribution in [3.8, 4) is 0 Å². The van der Waals surface area contributed by atoms with E-state index < -0.39 is 17.6 Å². The van der Waals surface area contributed by atoms with Crippen LogP contribution < -0.4 is 10.6 Å². The Kier molecular flexibility index (Phi) is 6.02. The van der Waals surface area contributed by atoms with E-state index in [9.17, 15) is 14.0 Å². The van der Waals surface area contributed by atoms with E-state index in [-0.39, 0.29) is 17.4 Å². The second-order valence-electron chi connectivity index (χ2n) is 6.29. The molecule has 0 aliphatic heterocycles. The van der Waals surface area contributed by atoms with Crippen LogP contribution in [0.1, 0.15) is 58.2 Å². The lowest BCUT2D eigenvalue weighted by Crippen LogP contribution is -2.35. The Morgan fingerprint density at radius 3 is 2.23 bits per heavy atom. The summed E-state index contributed by atoms with van der Waals surface area (Å²) in [4.78, 5) is 33.7. The van der Waals surface area contributed by atoms with Crippen molar-refractivity contribution in [3.05, 3.63) is 52.4 Å². The highest BCUT2D eigenvalue weighted by molar-refractivity contribution is 6.10. The first-order chi connectivity index (χ1) is 12.2. The zero-order valence-electron chi connectivity index (χ0n) is 15.6. The van der Waals surface area contributed by atoms with Crippen LogP contribution in [0.4, 0.5) is 10.1 Å². The molecule has 2 amide bonds. The molecule has 0 unspecified atom stereocenters. The lowest BCUT2D eigenvalue weighted by molar-refractivity contribution is 0.0920. The molecule has 0 aliphatic rings. The Hall–Kier alpha value is -2.83. The summed E-state index contributed by atoms with van der Waals surface area (Å²) in [5.41, 5.74) is 2.01. The molecule has 0 bridgehead atoms. The van der Waals surface area contributed by atoms with Gasteiger partial charge in [0.2, 0.25) is 0 Å². The molecule has 2 aromatic rings. The van der Waals surface area contributed by atoms with Gasteiger partial charge in [-0.25, -0.2) is 14.4 Å².